The summed E-state index contributed by atoms with van der Waals surface area (Å²) in [5.41, 5.74) is 5.57. The molecular formula is C15H17N3O6. The first kappa shape index (κ1) is 17.3. The molecule has 2 rings (SSSR count). The lowest BCUT2D eigenvalue weighted by molar-refractivity contribution is -0.137. The number of nitrogens with zero attached hydrogens (tertiary/aromatic N) is 1. The molecule has 9 heteroatoms. The fourth-order valence-corrected chi connectivity index (χ4v) is 2.24. The van der Waals surface area contributed by atoms with Crippen LogP contribution in [0.2, 0.25) is 0 Å². The van der Waals surface area contributed by atoms with Crippen LogP contribution in [0.5, 0.6) is 11.5 Å². The van der Waals surface area contributed by atoms with Crippen LogP contribution in [0.1, 0.15) is 10.4 Å². The number of imide groups is 1. The van der Waals surface area contributed by atoms with E-state index in [2.05, 4.69) is 5.32 Å². The molecule has 1 heterocycles. The summed E-state index contributed by atoms with van der Waals surface area (Å²) in [7, 11) is 2.82. The van der Waals surface area contributed by atoms with Gasteiger partial charge in [-0.1, -0.05) is 0 Å². The fourth-order valence-electron chi connectivity index (χ4n) is 2.24. The molecule has 128 valence electrons. The van der Waals surface area contributed by atoms with Gasteiger partial charge in [0.1, 0.15) is 5.70 Å². The van der Waals surface area contributed by atoms with Crippen molar-refractivity contribution in [2.75, 3.05) is 32.7 Å². The zero-order valence-corrected chi connectivity index (χ0v) is 13.2. The normalized spacial score (nSPS) is 13.8. The molecular weight excluding hydrogens is 318 g/mol. The largest absolute Gasteiger partial charge is 0.493 e. The Morgan fingerprint density at radius 3 is 2.42 bits per heavy atom. The number of carbonyl (C=O) groups excluding carboxylic acids is 3. The van der Waals surface area contributed by atoms with Crippen LogP contribution in [0.25, 0.3) is 0 Å². The lowest BCUT2D eigenvalue weighted by atomic mass is 10.1. The number of rotatable bonds is 7. The number of primary amides is 1. The molecule has 1 aliphatic heterocycles. The summed E-state index contributed by atoms with van der Waals surface area (Å²) in [6.07, 6.45) is 1.08. The summed E-state index contributed by atoms with van der Waals surface area (Å²) in [6, 6.07) is 2.81. The van der Waals surface area contributed by atoms with Crippen LogP contribution >= 0.6 is 0 Å². The topological polar surface area (TPSA) is 131 Å². The standard InChI is InChI=1S/C15H17N3O6/c1-23-11-5-8(14(16)21)9(6-12(11)24-2)17-10-7-13(20)18(3-4-19)15(10)22/h5-7,17,19H,3-4H2,1-2H3,(H2,16,21). The molecule has 3 amide bonds. The van der Waals surface area contributed by atoms with E-state index in [0.717, 1.165) is 11.0 Å². The Kier molecular flexibility index (Phi) is 5.05. The Bertz CT molecular complexity index is 728. The average molecular weight is 335 g/mol. The summed E-state index contributed by atoms with van der Waals surface area (Å²) in [5, 5.41) is 11.6. The Hall–Kier alpha value is -3.07. The van der Waals surface area contributed by atoms with Gasteiger partial charge in [-0.2, -0.15) is 0 Å². The molecule has 9 nitrogen and oxygen atoms in total. The fraction of sp³-hybridized carbons (Fsp3) is 0.267. The number of anilines is 1. The molecule has 0 saturated heterocycles. The maximum atomic E-state index is 12.2. The first-order chi connectivity index (χ1) is 11.4. The van der Waals surface area contributed by atoms with E-state index in [-0.39, 0.29) is 30.1 Å². The third kappa shape index (κ3) is 3.15. The lowest BCUT2D eigenvalue weighted by Crippen LogP contribution is -2.34. The molecule has 0 spiro atoms. The molecule has 0 bridgehead atoms. The zero-order chi connectivity index (χ0) is 17.9. The molecule has 1 aliphatic rings. The number of carbonyl (C=O) groups is 3. The summed E-state index contributed by atoms with van der Waals surface area (Å²) in [5.74, 6) is -1.31. The van der Waals surface area contributed by atoms with Gasteiger partial charge in [-0.3, -0.25) is 19.3 Å². The highest BCUT2D eigenvalue weighted by molar-refractivity contribution is 6.18. The van der Waals surface area contributed by atoms with Gasteiger partial charge in [0.25, 0.3) is 17.7 Å². The van der Waals surface area contributed by atoms with E-state index >= 15 is 0 Å². The van der Waals surface area contributed by atoms with Crippen molar-refractivity contribution in [1.29, 1.82) is 0 Å². The molecule has 0 aliphatic carbocycles. The van der Waals surface area contributed by atoms with Gasteiger partial charge in [0.05, 0.1) is 38.6 Å². The van der Waals surface area contributed by atoms with Gasteiger partial charge in [0, 0.05) is 12.1 Å². The molecule has 0 saturated carbocycles. The molecule has 1 aromatic carbocycles. The van der Waals surface area contributed by atoms with Crippen LogP contribution in [0.4, 0.5) is 5.69 Å². The number of hydrogen-bond donors (Lipinski definition) is 3. The number of nitrogens with two attached hydrogens (primary N) is 1. The number of benzene rings is 1. The number of β-amino-alcohol motifs (C(OH)–C–C–N with tert-alkyl or cyclic N) is 1. The third-order valence-corrected chi connectivity index (χ3v) is 3.39. The summed E-state index contributed by atoms with van der Waals surface area (Å²) in [4.78, 5) is 36.4. The smallest absolute Gasteiger partial charge is 0.277 e. The SMILES string of the molecule is COc1cc(NC2=CC(=O)N(CCO)C2=O)c(C(N)=O)cc1OC. The number of aliphatic hydroxyl groups excluding tert-OH is 1. The number of aliphatic hydroxyl groups is 1. The molecule has 0 fully saturated rings. The first-order valence-corrected chi connectivity index (χ1v) is 6.94. The van der Waals surface area contributed by atoms with Crippen molar-refractivity contribution >= 4 is 23.4 Å². The molecule has 0 unspecified atom stereocenters. The molecule has 0 atom stereocenters. The van der Waals surface area contributed by atoms with Gasteiger partial charge in [-0.05, 0) is 6.07 Å². The molecule has 24 heavy (non-hydrogen) atoms. The highest BCUT2D eigenvalue weighted by Gasteiger charge is 2.31. The maximum absolute atomic E-state index is 12.2. The summed E-state index contributed by atoms with van der Waals surface area (Å²) < 4.78 is 10.3. The van der Waals surface area contributed by atoms with E-state index in [1.165, 1.54) is 26.4 Å². The van der Waals surface area contributed by atoms with Gasteiger partial charge in [0.15, 0.2) is 11.5 Å². The van der Waals surface area contributed by atoms with Gasteiger partial charge in [-0.25, -0.2) is 0 Å². The zero-order valence-electron chi connectivity index (χ0n) is 13.2. The molecule has 4 N–H and O–H groups in total. The second kappa shape index (κ2) is 7.01. The number of amides is 3. The van der Waals surface area contributed by atoms with Crippen molar-refractivity contribution < 1.29 is 29.0 Å². The second-order valence-electron chi connectivity index (χ2n) is 4.82. The highest BCUT2D eigenvalue weighted by Crippen LogP contribution is 2.34. The molecule has 1 aromatic rings. The van der Waals surface area contributed by atoms with Crippen molar-refractivity contribution in [3.05, 3.63) is 29.5 Å². The Balaban J connectivity index is 2.39. The number of nitrogens with one attached hydrogen (secondary N) is 1. The Morgan fingerprint density at radius 2 is 1.88 bits per heavy atom. The maximum Gasteiger partial charge on any atom is 0.277 e. The number of ether oxygens (including phenoxy) is 2. The minimum atomic E-state index is -0.747. The van der Waals surface area contributed by atoms with Crippen molar-refractivity contribution in [2.24, 2.45) is 5.73 Å². The summed E-state index contributed by atoms with van der Waals surface area (Å²) in [6.45, 7) is -0.463. The third-order valence-electron chi connectivity index (χ3n) is 3.39. The highest BCUT2D eigenvalue weighted by atomic mass is 16.5. The number of methoxy groups -OCH3 is 2. The van der Waals surface area contributed by atoms with Crippen molar-refractivity contribution in [3.8, 4) is 11.5 Å². The first-order valence-electron chi connectivity index (χ1n) is 6.94. The van der Waals surface area contributed by atoms with E-state index in [1.54, 1.807) is 0 Å². The number of hydrogen-bond acceptors (Lipinski definition) is 7. The van der Waals surface area contributed by atoms with Crippen molar-refractivity contribution in [1.82, 2.24) is 4.90 Å². The minimum absolute atomic E-state index is 0.0387. The lowest BCUT2D eigenvalue weighted by Gasteiger charge is -2.16. The van der Waals surface area contributed by atoms with Gasteiger partial charge < -0.3 is 25.6 Å². The van der Waals surface area contributed by atoms with Gasteiger partial charge >= 0.3 is 0 Å². The van der Waals surface area contributed by atoms with Gasteiger partial charge in [-0.15, -0.1) is 0 Å². The van der Waals surface area contributed by atoms with E-state index in [4.69, 9.17) is 20.3 Å². The van der Waals surface area contributed by atoms with Gasteiger partial charge in [0.2, 0.25) is 0 Å². The van der Waals surface area contributed by atoms with Crippen LogP contribution in [-0.4, -0.2) is 55.1 Å². The Labute approximate surface area is 137 Å². The predicted octanol–water partition coefficient (Wildman–Crippen LogP) is -0.540. The second-order valence-corrected chi connectivity index (χ2v) is 4.82. The van der Waals surface area contributed by atoms with E-state index in [9.17, 15) is 14.4 Å². The molecule has 0 radical (unpaired) electrons. The van der Waals surface area contributed by atoms with Crippen LogP contribution in [0, 0.1) is 0 Å². The van der Waals surface area contributed by atoms with Crippen molar-refractivity contribution in [3.63, 3.8) is 0 Å². The predicted molar refractivity (Wildman–Crippen MR) is 83.6 cm³/mol. The summed E-state index contributed by atoms with van der Waals surface area (Å²) >= 11 is 0. The van der Waals surface area contributed by atoms with Crippen molar-refractivity contribution in [2.45, 2.75) is 0 Å². The molecule has 0 aromatic heterocycles. The van der Waals surface area contributed by atoms with E-state index < -0.39 is 17.7 Å². The van der Waals surface area contributed by atoms with Crippen LogP contribution in [0.15, 0.2) is 23.9 Å². The van der Waals surface area contributed by atoms with E-state index in [1.807, 2.05) is 0 Å². The van der Waals surface area contributed by atoms with E-state index in [0.29, 0.717) is 11.5 Å². The van der Waals surface area contributed by atoms with Crippen LogP contribution in [0.3, 0.4) is 0 Å². The minimum Gasteiger partial charge on any atom is -0.493 e. The quantitative estimate of drug-likeness (QED) is 0.570. The average Bonchev–Trinajstić information content (AvgIpc) is 2.82. The monoisotopic (exact) mass is 335 g/mol. The van der Waals surface area contributed by atoms with Crippen LogP contribution in [-0.2, 0) is 9.59 Å². The van der Waals surface area contributed by atoms with Crippen LogP contribution < -0.4 is 20.5 Å². The Morgan fingerprint density at radius 1 is 1.25 bits per heavy atom.